The predicted octanol–water partition coefficient (Wildman–Crippen LogP) is 5.55. The molecule has 2 heterocycles. The van der Waals surface area contributed by atoms with Crippen molar-refractivity contribution in [1.82, 2.24) is 4.98 Å². The van der Waals surface area contributed by atoms with Crippen LogP contribution in [-0.2, 0) is 16.0 Å². The Morgan fingerprint density at radius 1 is 1.27 bits per heavy atom. The van der Waals surface area contributed by atoms with Crippen molar-refractivity contribution in [3.8, 4) is 6.08 Å². The van der Waals surface area contributed by atoms with Crippen LogP contribution >= 0.6 is 11.8 Å². The van der Waals surface area contributed by atoms with Gasteiger partial charge < -0.3 is 13.9 Å². The van der Waals surface area contributed by atoms with Gasteiger partial charge >= 0.3 is 17.7 Å². The highest BCUT2D eigenvalue weighted by Gasteiger charge is 2.33. The molecule has 0 aromatic carbocycles. The molecule has 0 spiro atoms. The minimum absolute atomic E-state index is 0.0871. The maximum absolute atomic E-state index is 12.4. The topological polar surface area (TPSA) is 78.6 Å². The molecule has 1 aromatic rings. The molecule has 2 atom stereocenters. The summed E-state index contributed by atoms with van der Waals surface area (Å²) in [7, 11) is 0. The van der Waals surface area contributed by atoms with Crippen LogP contribution in [0.4, 0.5) is 0 Å². The Labute approximate surface area is 184 Å². The second-order valence-electron chi connectivity index (χ2n) is 8.90. The van der Waals surface area contributed by atoms with Gasteiger partial charge in [0.25, 0.3) is 0 Å². The van der Waals surface area contributed by atoms with Crippen LogP contribution in [0, 0.1) is 5.92 Å². The van der Waals surface area contributed by atoms with Crippen LogP contribution in [-0.4, -0.2) is 28.4 Å². The zero-order valence-corrected chi connectivity index (χ0v) is 19.9. The number of hydrogen-bond acceptors (Lipinski definition) is 7. The molecule has 2 unspecified atom stereocenters. The lowest BCUT2D eigenvalue weighted by atomic mass is 9.92. The van der Waals surface area contributed by atoms with Gasteiger partial charge in [-0.05, 0) is 45.4 Å². The van der Waals surface area contributed by atoms with Crippen LogP contribution < -0.4 is 10.4 Å². The van der Waals surface area contributed by atoms with E-state index in [1.54, 1.807) is 11.8 Å². The minimum atomic E-state index is -0.481. The molecule has 170 valence electrons. The summed E-state index contributed by atoms with van der Waals surface area (Å²) in [5.41, 5.74) is -0.159. The van der Waals surface area contributed by atoms with E-state index in [2.05, 4.69) is 18.8 Å². The smallest absolute Gasteiger partial charge is 0.397 e. The number of aromatic nitrogens is 1. The van der Waals surface area contributed by atoms with Crippen LogP contribution in [0.25, 0.3) is 0 Å². The van der Waals surface area contributed by atoms with Crippen molar-refractivity contribution in [2.45, 2.75) is 108 Å². The molecule has 0 saturated carbocycles. The van der Waals surface area contributed by atoms with E-state index in [1.165, 1.54) is 32.6 Å². The van der Waals surface area contributed by atoms with Gasteiger partial charge in [0.2, 0.25) is 0 Å². The number of esters is 1. The number of carbonyl (C=O) groups is 1. The molecule has 0 fully saturated rings. The van der Waals surface area contributed by atoms with Crippen molar-refractivity contribution in [1.29, 1.82) is 0 Å². The van der Waals surface area contributed by atoms with Crippen LogP contribution in [0.1, 0.15) is 91.5 Å². The Kier molecular flexibility index (Phi) is 9.72. The van der Waals surface area contributed by atoms with Crippen LogP contribution in [0.3, 0.4) is 0 Å². The van der Waals surface area contributed by atoms with Crippen molar-refractivity contribution >= 4 is 17.7 Å². The highest BCUT2D eigenvalue weighted by atomic mass is 32.2. The molecular weight excluding hydrogens is 402 g/mol. The maximum Gasteiger partial charge on any atom is 0.397 e. The quantitative estimate of drug-likeness (QED) is 0.294. The van der Waals surface area contributed by atoms with E-state index in [0.29, 0.717) is 24.5 Å². The third-order valence-electron chi connectivity index (χ3n) is 5.53. The number of ether oxygens (including phenoxy) is 2. The van der Waals surface area contributed by atoms with Crippen molar-refractivity contribution < 1.29 is 18.7 Å². The second-order valence-corrected chi connectivity index (χ2v) is 10.1. The SMILES string of the molecule is CCCCCCCCOc1nc2c(c(=O)o1)CC(C(C)CCC(C)(C)OC(C)=O)S2. The molecule has 0 bridgehead atoms. The molecule has 0 N–H and O–H groups in total. The molecule has 1 aliphatic heterocycles. The number of thioether (sulfide) groups is 1. The first-order valence-electron chi connectivity index (χ1n) is 11.2. The third-order valence-corrected chi connectivity index (χ3v) is 7.02. The summed E-state index contributed by atoms with van der Waals surface area (Å²) in [6.07, 6.45) is 9.46. The predicted molar refractivity (Wildman–Crippen MR) is 119 cm³/mol. The first kappa shape index (κ1) is 24.8. The summed E-state index contributed by atoms with van der Waals surface area (Å²) in [6.45, 7) is 10.2. The molecular formula is C23H37NO5S. The van der Waals surface area contributed by atoms with E-state index in [-0.39, 0.29) is 22.9 Å². The third kappa shape index (κ3) is 7.97. The number of hydrogen-bond donors (Lipinski definition) is 0. The summed E-state index contributed by atoms with van der Waals surface area (Å²) in [4.78, 5) is 28.1. The first-order chi connectivity index (χ1) is 14.2. The monoisotopic (exact) mass is 439 g/mol. The average molecular weight is 440 g/mol. The molecule has 6 nitrogen and oxygen atoms in total. The van der Waals surface area contributed by atoms with E-state index in [1.807, 2.05) is 13.8 Å². The fraction of sp³-hybridized carbons (Fsp3) is 0.783. The van der Waals surface area contributed by atoms with E-state index in [0.717, 1.165) is 30.7 Å². The standard InChI is InChI=1S/C23H37NO5S/c1-6-7-8-9-10-11-14-27-22-24-20-18(21(26)28-22)15-19(30-20)16(2)12-13-23(4,5)29-17(3)25/h16,19H,6-15H2,1-5H3. The maximum atomic E-state index is 12.4. The second kappa shape index (κ2) is 11.8. The van der Waals surface area contributed by atoms with Gasteiger partial charge in [-0.15, -0.1) is 11.8 Å². The van der Waals surface area contributed by atoms with Crippen LogP contribution in [0.5, 0.6) is 6.08 Å². The Hall–Kier alpha value is -1.50. The lowest BCUT2D eigenvalue weighted by molar-refractivity contribution is -0.154. The Morgan fingerprint density at radius 3 is 2.67 bits per heavy atom. The van der Waals surface area contributed by atoms with Crippen LogP contribution in [0.15, 0.2) is 14.2 Å². The fourth-order valence-electron chi connectivity index (χ4n) is 3.68. The Morgan fingerprint density at radius 2 is 1.97 bits per heavy atom. The van der Waals surface area contributed by atoms with E-state index in [9.17, 15) is 9.59 Å². The van der Waals surface area contributed by atoms with Gasteiger partial charge in [-0.2, -0.15) is 4.98 Å². The van der Waals surface area contributed by atoms with Crippen molar-refractivity contribution in [2.24, 2.45) is 5.92 Å². The van der Waals surface area contributed by atoms with Gasteiger partial charge in [-0.1, -0.05) is 46.0 Å². The van der Waals surface area contributed by atoms with E-state index in [4.69, 9.17) is 13.9 Å². The van der Waals surface area contributed by atoms with Gasteiger partial charge in [0.1, 0.15) is 10.6 Å². The normalized spacial score (nSPS) is 16.9. The van der Waals surface area contributed by atoms with E-state index < -0.39 is 5.60 Å². The molecule has 0 amide bonds. The zero-order valence-electron chi connectivity index (χ0n) is 19.1. The number of fused-ring (bicyclic) bond motifs is 1. The molecule has 1 aromatic heterocycles. The summed E-state index contributed by atoms with van der Waals surface area (Å²) >= 11 is 1.63. The number of unbranched alkanes of at least 4 members (excludes halogenated alkanes) is 5. The minimum Gasteiger partial charge on any atom is -0.460 e. The van der Waals surface area contributed by atoms with Crippen molar-refractivity contribution in [3.63, 3.8) is 0 Å². The summed E-state index contributed by atoms with van der Waals surface area (Å²) in [6, 6.07) is 0. The molecule has 0 saturated heterocycles. The molecule has 1 aliphatic rings. The van der Waals surface area contributed by atoms with Crippen molar-refractivity contribution in [3.05, 3.63) is 16.0 Å². The number of nitrogens with zero attached hydrogens (tertiary/aromatic N) is 1. The van der Waals surface area contributed by atoms with Gasteiger partial charge in [0.05, 0.1) is 12.2 Å². The number of carbonyl (C=O) groups excluding carboxylic acids is 1. The van der Waals surface area contributed by atoms with Crippen molar-refractivity contribution in [2.75, 3.05) is 6.61 Å². The first-order valence-corrected chi connectivity index (χ1v) is 12.1. The lowest BCUT2D eigenvalue weighted by Crippen LogP contribution is -2.28. The molecule has 7 heteroatoms. The largest absolute Gasteiger partial charge is 0.460 e. The summed E-state index contributed by atoms with van der Waals surface area (Å²) < 4.78 is 16.3. The summed E-state index contributed by atoms with van der Waals surface area (Å²) in [5, 5.41) is 0.998. The van der Waals surface area contributed by atoms with Gasteiger partial charge in [-0.3, -0.25) is 4.79 Å². The highest BCUT2D eigenvalue weighted by molar-refractivity contribution is 8.00. The molecule has 2 rings (SSSR count). The van der Waals surface area contributed by atoms with Gasteiger partial charge in [-0.25, -0.2) is 4.79 Å². The zero-order chi connectivity index (χ0) is 22.1. The van der Waals surface area contributed by atoms with Gasteiger partial charge in [0, 0.05) is 12.2 Å². The Balaban J connectivity index is 1.83. The lowest BCUT2D eigenvalue weighted by Gasteiger charge is -2.27. The highest BCUT2D eigenvalue weighted by Crippen LogP contribution is 2.40. The number of rotatable bonds is 13. The van der Waals surface area contributed by atoms with Gasteiger partial charge in [0.15, 0.2) is 0 Å². The molecule has 30 heavy (non-hydrogen) atoms. The molecule has 0 aliphatic carbocycles. The summed E-state index contributed by atoms with van der Waals surface area (Å²) in [5.74, 6) is 0.0940. The Bertz CT molecular complexity index is 746. The van der Waals surface area contributed by atoms with E-state index >= 15 is 0 Å². The fourth-order valence-corrected chi connectivity index (χ4v) is 5.02. The van der Waals surface area contributed by atoms with Crippen LogP contribution in [0.2, 0.25) is 0 Å². The average Bonchev–Trinajstić information content (AvgIpc) is 3.09. The molecule has 0 radical (unpaired) electrons.